The highest BCUT2D eigenvalue weighted by Crippen LogP contribution is 2.49. The predicted molar refractivity (Wildman–Crippen MR) is 133 cm³/mol. The molecule has 0 atom stereocenters. The van der Waals surface area contributed by atoms with Crippen LogP contribution in [0.1, 0.15) is 107 Å². The first-order valence-corrected chi connectivity index (χ1v) is 11.5. The van der Waals surface area contributed by atoms with Gasteiger partial charge in [-0.1, -0.05) is 107 Å². The Kier molecular flexibility index (Phi) is 6.03. The number of carbonyl (C=O) groups excluding carboxylic acids is 1. The van der Waals surface area contributed by atoms with Gasteiger partial charge in [-0.3, -0.25) is 4.79 Å². The van der Waals surface area contributed by atoms with E-state index < -0.39 is 5.41 Å². The molecule has 172 valence electrons. The molecule has 0 aliphatic heterocycles. The van der Waals surface area contributed by atoms with Gasteiger partial charge in [-0.2, -0.15) is 0 Å². The van der Waals surface area contributed by atoms with Crippen molar-refractivity contribution in [2.45, 2.75) is 106 Å². The molecule has 2 rings (SSSR count). The second-order valence-corrected chi connectivity index (χ2v) is 13.6. The third kappa shape index (κ3) is 4.99. The highest BCUT2D eigenvalue weighted by molar-refractivity contribution is 6.11. The number of phenolic OH excluding ortho intramolecular Hbond substituents is 1. The SMILES string of the molecule is CC(C)(C)C1=CC(C)(c2cc(C(C)(C)C)cc(C(C)(C)C)c2O)C=C(C(C)(C)C)C1=O. The van der Waals surface area contributed by atoms with E-state index in [9.17, 15) is 9.90 Å². The second kappa shape index (κ2) is 7.36. The van der Waals surface area contributed by atoms with Crippen LogP contribution in [0.2, 0.25) is 0 Å². The number of hydrogen-bond donors (Lipinski definition) is 1. The molecular formula is C29H44O2. The van der Waals surface area contributed by atoms with E-state index >= 15 is 0 Å². The van der Waals surface area contributed by atoms with E-state index in [4.69, 9.17) is 0 Å². The van der Waals surface area contributed by atoms with E-state index in [2.05, 4.69) is 114 Å². The summed E-state index contributed by atoms with van der Waals surface area (Å²) in [4.78, 5) is 13.5. The molecule has 1 aliphatic rings. The average molecular weight is 425 g/mol. The van der Waals surface area contributed by atoms with Crippen LogP contribution in [0, 0.1) is 10.8 Å². The number of allylic oxidation sites excluding steroid dienone is 4. The molecule has 2 nitrogen and oxygen atoms in total. The van der Waals surface area contributed by atoms with E-state index in [1.165, 1.54) is 5.56 Å². The zero-order valence-corrected chi connectivity index (χ0v) is 22.2. The summed E-state index contributed by atoms with van der Waals surface area (Å²) in [7, 11) is 0. The van der Waals surface area contributed by atoms with Crippen molar-refractivity contribution in [2.75, 3.05) is 0 Å². The van der Waals surface area contributed by atoms with Gasteiger partial charge in [0.1, 0.15) is 5.75 Å². The minimum absolute atomic E-state index is 0.0591. The van der Waals surface area contributed by atoms with Crippen LogP contribution in [-0.2, 0) is 21.0 Å². The molecule has 0 saturated heterocycles. The van der Waals surface area contributed by atoms with Gasteiger partial charge in [0.05, 0.1) is 0 Å². The van der Waals surface area contributed by atoms with Crippen LogP contribution in [0.15, 0.2) is 35.4 Å². The maximum Gasteiger partial charge on any atom is 0.185 e. The highest BCUT2D eigenvalue weighted by atomic mass is 16.3. The summed E-state index contributed by atoms with van der Waals surface area (Å²) in [5.41, 5.74) is 3.25. The van der Waals surface area contributed by atoms with Crippen molar-refractivity contribution in [3.63, 3.8) is 0 Å². The topological polar surface area (TPSA) is 37.3 Å². The zero-order valence-electron chi connectivity index (χ0n) is 22.2. The van der Waals surface area contributed by atoms with Gasteiger partial charge in [0.25, 0.3) is 0 Å². The lowest BCUT2D eigenvalue weighted by molar-refractivity contribution is -0.114. The van der Waals surface area contributed by atoms with Gasteiger partial charge in [0, 0.05) is 22.1 Å². The Morgan fingerprint density at radius 3 is 1.42 bits per heavy atom. The minimum atomic E-state index is -0.579. The Balaban J connectivity index is 2.99. The highest BCUT2D eigenvalue weighted by Gasteiger charge is 2.41. The number of carbonyl (C=O) groups is 1. The van der Waals surface area contributed by atoms with Gasteiger partial charge >= 0.3 is 0 Å². The monoisotopic (exact) mass is 424 g/mol. The van der Waals surface area contributed by atoms with Gasteiger partial charge in [-0.15, -0.1) is 0 Å². The molecule has 0 saturated carbocycles. The third-order valence-electron chi connectivity index (χ3n) is 6.36. The number of benzene rings is 1. The molecule has 1 aromatic carbocycles. The Morgan fingerprint density at radius 1 is 0.677 bits per heavy atom. The standard InChI is InChI=1S/C29H44O2/c1-25(2,3)18-14-19(26(4,5)6)23(30)20(15-18)29(13)16-21(27(7,8)9)24(31)22(17-29)28(10,11)12/h14-17,30H,1-13H3. The molecule has 0 bridgehead atoms. The van der Waals surface area contributed by atoms with E-state index in [0.717, 1.165) is 22.3 Å². The van der Waals surface area contributed by atoms with Crippen LogP contribution in [0.3, 0.4) is 0 Å². The molecule has 0 heterocycles. The van der Waals surface area contributed by atoms with E-state index in [1.807, 2.05) is 0 Å². The molecule has 2 heteroatoms. The third-order valence-corrected chi connectivity index (χ3v) is 6.36. The first-order valence-electron chi connectivity index (χ1n) is 11.5. The van der Waals surface area contributed by atoms with Crippen molar-refractivity contribution in [1.29, 1.82) is 0 Å². The van der Waals surface area contributed by atoms with Crippen LogP contribution < -0.4 is 0 Å². The number of aromatic hydroxyl groups is 1. The number of rotatable bonds is 1. The van der Waals surface area contributed by atoms with Crippen molar-refractivity contribution in [3.05, 3.63) is 52.1 Å². The fraction of sp³-hybridized carbons (Fsp3) is 0.621. The van der Waals surface area contributed by atoms with Crippen molar-refractivity contribution in [3.8, 4) is 5.75 Å². The number of ketones is 1. The summed E-state index contributed by atoms with van der Waals surface area (Å²) in [6.07, 6.45) is 4.19. The summed E-state index contributed by atoms with van der Waals surface area (Å²) in [5.74, 6) is 0.464. The zero-order chi connectivity index (χ0) is 24.4. The van der Waals surface area contributed by atoms with Crippen LogP contribution >= 0.6 is 0 Å². The molecule has 1 N–H and O–H groups in total. The fourth-order valence-corrected chi connectivity index (χ4v) is 4.24. The normalized spacial score (nSPS) is 18.0. The first-order chi connectivity index (χ1) is 13.6. The molecule has 0 unspecified atom stereocenters. The summed E-state index contributed by atoms with van der Waals surface area (Å²) in [6.45, 7) is 27.7. The van der Waals surface area contributed by atoms with Gasteiger partial charge < -0.3 is 5.11 Å². The van der Waals surface area contributed by atoms with E-state index in [0.29, 0.717) is 5.75 Å². The summed E-state index contributed by atoms with van der Waals surface area (Å²) < 4.78 is 0. The molecule has 1 aromatic rings. The van der Waals surface area contributed by atoms with E-state index in [-0.39, 0.29) is 27.4 Å². The first kappa shape index (κ1) is 25.4. The molecule has 0 aromatic heterocycles. The average Bonchev–Trinajstić information content (AvgIpc) is 2.52. The maximum absolute atomic E-state index is 13.5. The van der Waals surface area contributed by atoms with Crippen molar-refractivity contribution in [2.24, 2.45) is 10.8 Å². The Bertz CT molecular complexity index is 909. The van der Waals surface area contributed by atoms with Crippen LogP contribution in [0.4, 0.5) is 0 Å². The summed E-state index contributed by atoms with van der Waals surface area (Å²) in [5, 5.41) is 11.5. The van der Waals surface area contributed by atoms with E-state index in [1.54, 1.807) is 0 Å². The van der Waals surface area contributed by atoms with Crippen LogP contribution in [-0.4, -0.2) is 10.9 Å². The number of Topliss-reactive ketones (excluding diaryl/α,β-unsaturated/α-hetero) is 1. The number of phenols is 1. The summed E-state index contributed by atoms with van der Waals surface area (Å²) in [6, 6.07) is 4.30. The Labute approximate surface area is 190 Å². The van der Waals surface area contributed by atoms with Crippen molar-refractivity contribution >= 4 is 5.78 Å². The molecule has 0 amide bonds. The number of hydrogen-bond acceptors (Lipinski definition) is 2. The summed E-state index contributed by atoms with van der Waals surface area (Å²) >= 11 is 0. The second-order valence-electron chi connectivity index (χ2n) is 13.6. The van der Waals surface area contributed by atoms with Crippen molar-refractivity contribution in [1.82, 2.24) is 0 Å². The Hall–Kier alpha value is -1.83. The smallest absolute Gasteiger partial charge is 0.185 e. The van der Waals surface area contributed by atoms with Crippen LogP contribution in [0.5, 0.6) is 5.75 Å². The lowest BCUT2D eigenvalue weighted by atomic mass is 9.64. The van der Waals surface area contributed by atoms with Crippen LogP contribution in [0.25, 0.3) is 0 Å². The minimum Gasteiger partial charge on any atom is -0.507 e. The molecule has 0 radical (unpaired) electrons. The molecule has 0 spiro atoms. The lowest BCUT2D eigenvalue weighted by Crippen LogP contribution is -2.34. The van der Waals surface area contributed by atoms with Gasteiger partial charge in [-0.25, -0.2) is 0 Å². The van der Waals surface area contributed by atoms with Gasteiger partial charge in [0.2, 0.25) is 0 Å². The maximum atomic E-state index is 13.5. The fourth-order valence-electron chi connectivity index (χ4n) is 4.24. The van der Waals surface area contributed by atoms with Crippen molar-refractivity contribution < 1.29 is 9.90 Å². The molecular weight excluding hydrogens is 380 g/mol. The van der Waals surface area contributed by atoms with Gasteiger partial charge in [0.15, 0.2) is 5.78 Å². The lowest BCUT2D eigenvalue weighted by Gasteiger charge is -2.39. The van der Waals surface area contributed by atoms with Gasteiger partial charge in [-0.05, 0) is 39.7 Å². The molecule has 31 heavy (non-hydrogen) atoms. The Morgan fingerprint density at radius 2 is 1.10 bits per heavy atom. The predicted octanol–water partition coefficient (Wildman–Crippen LogP) is 7.77. The largest absolute Gasteiger partial charge is 0.507 e. The molecule has 0 fully saturated rings. The quantitative estimate of drug-likeness (QED) is 0.500. The molecule has 1 aliphatic carbocycles.